The molecule has 3 aliphatic rings. The summed E-state index contributed by atoms with van der Waals surface area (Å²) in [6.07, 6.45) is -16.7. The average molecular weight is 1150 g/mol. The van der Waals surface area contributed by atoms with Crippen molar-refractivity contribution in [1.29, 1.82) is 0 Å². The number of aliphatic hydroxyl groups excluding tert-OH is 6. The number of fused-ring (bicyclic) bond motifs is 1. The number of phosphoric acid groups is 3. The van der Waals surface area contributed by atoms with E-state index in [4.69, 9.17) is 37.1 Å². The molecule has 0 radical (unpaired) electrons. The first-order valence-electron chi connectivity index (χ1n) is 22.9. The minimum Gasteiger partial charge on any atom is -0.790 e. The van der Waals surface area contributed by atoms with Crippen molar-refractivity contribution >= 4 is 69.9 Å². The number of carbonyl (C=O) groups is 3. The largest absolute Gasteiger partial charge is 0.790 e. The van der Waals surface area contributed by atoms with Crippen LogP contribution in [0.2, 0.25) is 0 Å². The molecule has 2 aromatic heterocycles. The average Bonchev–Trinajstić information content (AvgIpc) is 3.89. The molecule has 0 aromatic carbocycles. The lowest BCUT2D eigenvalue weighted by atomic mass is 9.84. The Hall–Kier alpha value is -3.00. The maximum absolute atomic E-state index is 12.7. The Balaban J connectivity index is 0.945. The third-order valence-corrected chi connectivity index (χ3v) is 16.0. The number of anilines is 1. The van der Waals surface area contributed by atoms with Crippen molar-refractivity contribution in [3.8, 4) is 0 Å². The van der Waals surface area contributed by atoms with E-state index in [9.17, 15) is 78.3 Å². The maximum Gasteiger partial charge on any atom is 0.274 e. The zero-order chi connectivity index (χ0) is 55.8. The van der Waals surface area contributed by atoms with Gasteiger partial charge in [-0.1, -0.05) is 13.8 Å². The third-order valence-electron chi connectivity index (χ3n) is 11.9. The number of ether oxygens (including phenoxy) is 3. The van der Waals surface area contributed by atoms with Gasteiger partial charge in [-0.3, -0.25) is 28.1 Å². The molecule has 0 spiro atoms. The lowest BCUT2D eigenvalue weighted by molar-refractivity contribution is -0.347. The topological polar surface area (TPSA) is 564 Å². The Bertz CT molecular complexity index is 2400. The Kier molecular flexibility index (Phi) is 22.4. The number of nitrogens with two attached hydrogens (primary N) is 4. The van der Waals surface area contributed by atoms with Crippen molar-refractivity contribution in [2.45, 2.75) is 131 Å². The first-order valence-corrected chi connectivity index (χ1v) is 28.4. The summed E-state index contributed by atoms with van der Waals surface area (Å²) >= 11 is 1.42. The van der Waals surface area contributed by atoms with E-state index in [2.05, 4.69) is 48.8 Å². The Labute approximate surface area is 431 Å². The molecular weight excluding hydrogens is 1090 g/mol. The third kappa shape index (κ3) is 17.5. The predicted molar refractivity (Wildman–Crippen MR) is 246 cm³/mol. The number of rotatable bonds is 27. The lowest BCUT2D eigenvalue weighted by Crippen LogP contribution is -2.67. The summed E-state index contributed by atoms with van der Waals surface area (Å²) in [5.74, 6) is -1.07. The van der Waals surface area contributed by atoms with Crippen molar-refractivity contribution in [1.82, 2.24) is 35.5 Å². The van der Waals surface area contributed by atoms with E-state index in [1.807, 2.05) is 0 Å². The Morgan fingerprint density at radius 1 is 0.840 bits per heavy atom. The number of imidazole rings is 1. The van der Waals surface area contributed by atoms with Gasteiger partial charge in [-0.05, 0) is 18.6 Å². The van der Waals surface area contributed by atoms with E-state index >= 15 is 0 Å². The van der Waals surface area contributed by atoms with Crippen molar-refractivity contribution in [3.63, 3.8) is 0 Å². The SMILES string of the molecule is CC(C)(COP(=O)([O-])OP(=O)([O-])OC[C@H]1O[C@@H](n2cnc3c(N)ncnc32)[C@H](O)[C@@H]1OP(=O)([O-])[O-])[C@@H](O)C(=O)NCCC(=O)NCCSCCCC(=O)NC[C@H]1O[C@H](O[C@H]2[C@H](O)[C@@H](O)[C@H](N)C[C@@H]2N)[C@H](N)[C@@H](O)[C@@H]1O. The molecule has 428 valence electrons. The van der Waals surface area contributed by atoms with Crippen LogP contribution in [0.3, 0.4) is 0 Å². The van der Waals surface area contributed by atoms with Gasteiger partial charge in [-0.15, -0.1) is 0 Å². The summed E-state index contributed by atoms with van der Waals surface area (Å²) in [6.45, 7) is -0.263. The highest BCUT2D eigenvalue weighted by Crippen LogP contribution is 2.56. The zero-order valence-electron chi connectivity index (χ0n) is 40.1. The summed E-state index contributed by atoms with van der Waals surface area (Å²) in [5, 5.41) is 70.7. The predicted octanol–water partition coefficient (Wildman–Crippen LogP) is -8.55. The van der Waals surface area contributed by atoms with Gasteiger partial charge < -0.3 is 121 Å². The molecule has 17 atom stereocenters. The van der Waals surface area contributed by atoms with E-state index in [0.717, 1.165) is 17.2 Å². The molecule has 38 heteroatoms. The number of nitrogens with zero attached hydrogens (tertiary/aromatic N) is 4. The fourth-order valence-corrected chi connectivity index (χ4v) is 11.3. The molecular formula is C37H62N11O23P3S-4. The molecule has 2 aromatic rings. The van der Waals surface area contributed by atoms with Crippen LogP contribution in [0.4, 0.5) is 5.82 Å². The number of phosphoric ester groups is 3. The smallest absolute Gasteiger partial charge is 0.274 e. The summed E-state index contributed by atoms with van der Waals surface area (Å²) in [7, 11) is -17.7. The van der Waals surface area contributed by atoms with Gasteiger partial charge in [0.1, 0.15) is 66.8 Å². The molecule has 3 fully saturated rings. The van der Waals surface area contributed by atoms with Crippen LogP contribution >= 0.6 is 35.2 Å². The molecule has 75 heavy (non-hydrogen) atoms. The van der Waals surface area contributed by atoms with Crippen molar-refractivity contribution in [2.24, 2.45) is 22.6 Å². The molecule has 5 rings (SSSR count). The number of hydrogen-bond donors (Lipinski definition) is 13. The molecule has 1 aliphatic carbocycles. The van der Waals surface area contributed by atoms with Crippen molar-refractivity contribution < 1.29 is 110 Å². The van der Waals surface area contributed by atoms with E-state index < -0.39 is 152 Å². The number of amides is 3. The monoisotopic (exact) mass is 1150 g/mol. The number of carbonyl (C=O) groups excluding carboxylic acids is 3. The fourth-order valence-electron chi connectivity index (χ4n) is 7.79. The van der Waals surface area contributed by atoms with E-state index in [1.54, 1.807) is 0 Å². The molecule has 1 saturated carbocycles. The van der Waals surface area contributed by atoms with Gasteiger partial charge in [0, 0.05) is 55.7 Å². The van der Waals surface area contributed by atoms with Gasteiger partial charge in [0.15, 0.2) is 24.0 Å². The van der Waals surface area contributed by atoms with Crippen LogP contribution in [0.15, 0.2) is 12.7 Å². The van der Waals surface area contributed by atoms with Gasteiger partial charge in [-0.2, -0.15) is 11.8 Å². The van der Waals surface area contributed by atoms with Gasteiger partial charge in [0.2, 0.25) is 17.7 Å². The molecule has 2 saturated heterocycles. The molecule has 2 aliphatic heterocycles. The normalized spacial score (nSPS) is 31.6. The van der Waals surface area contributed by atoms with Gasteiger partial charge in [-0.25, -0.2) is 19.3 Å². The second-order valence-corrected chi connectivity index (χ2v) is 23.5. The highest BCUT2D eigenvalue weighted by molar-refractivity contribution is 7.99. The number of thioether (sulfide) groups is 1. The minimum atomic E-state index is -5.96. The van der Waals surface area contributed by atoms with E-state index in [1.165, 1.54) is 25.6 Å². The maximum atomic E-state index is 12.7. The number of nitrogens with one attached hydrogen (secondary N) is 3. The van der Waals surface area contributed by atoms with Crippen LogP contribution in [-0.4, -0.2) is 198 Å². The fraction of sp³-hybridized carbons (Fsp3) is 0.784. The van der Waals surface area contributed by atoms with Crippen LogP contribution in [0, 0.1) is 5.41 Å². The highest BCUT2D eigenvalue weighted by atomic mass is 32.2. The molecule has 2 unspecified atom stereocenters. The number of aromatic nitrogens is 4. The molecule has 3 amide bonds. The molecule has 17 N–H and O–H groups in total. The summed E-state index contributed by atoms with van der Waals surface area (Å²) < 4.78 is 72.3. The van der Waals surface area contributed by atoms with Crippen LogP contribution in [0.1, 0.15) is 45.8 Å². The van der Waals surface area contributed by atoms with Crippen LogP contribution in [-0.2, 0) is 60.2 Å². The zero-order valence-corrected chi connectivity index (χ0v) is 43.6. The van der Waals surface area contributed by atoms with Gasteiger partial charge >= 0.3 is 0 Å². The summed E-state index contributed by atoms with van der Waals surface area (Å²) in [5.41, 5.74) is 21.8. The molecule has 0 bridgehead atoms. The van der Waals surface area contributed by atoms with E-state index in [-0.39, 0.29) is 55.9 Å². The number of hydrogen-bond acceptors (Lipinski definition) is 31. The van der Waals surface area contributed by atoms with Gasteiger partial charge in [0.25, 0.3) is 15.6 Å². The number of nitrogen functional groups attached to an aromatic ring is 1. The summed E-state index contributed by atoms with van der Waals surface area (Å²) in [4.78, 5) is 97.3. The highest BCUT2D eigenvalue weighted by Gasteiger charge is 2.49. The molecule has 4 heterocycles. The van der Waals surface area contributed by atoms with Crippen LogP contribution in [0.5, 0.6) is 0 Å². The summed E-state index contributed by atoms with van der Waals surface area (Å²) in [6, 6.07) is -2.85. The Morgan fingerprint density at radius 2 is 1.52 bits per heavy atom. The quantitative estimate of drug-likeness (QED) is 0.0292. The van der Waals surface area contributed by atoms with Crippen LogP contribution < -0.4 is 58.5 Å². The second-order valence-electron chi connectivity index (χ2n) is 18.3. The van der Waals surface area contributed by atoms with Crippen LogP contribution in [0.25, 0.3) is 11.2 Å². The van der Waals surface area contributed by atoms with E-state index in [0.29, 0.717) is 17.9 Å². The second kappa shape index (κ2) is 26.8. The molecule has 34 nitrogen and oxygen atoms in total. The number of aliphatic hydroxyl groups is 6. The van der Waals surface area contributed by atoms with Crippen molar-refractivity contribution in [3.05, 3.63) is 12.7 Å². The Morgan fingerprint density at radius 3 is 2.21 bits per heavy atom. The first kappa shape index (κ1) is 62.8. The minimum absolute atomic E-state index is 0.0259. The standard InChI is InChI=1S/C37H66N11O23P3S/c1-37(2,13-66-74(63,64)71-73(61,62)65-12-19-30(70-72(58,59)60)28(55)35(67-19)48-15-47-23-32(41)45-14-46-33(23)48)31(56)34(57)43-6-5-21(50)42-7-9-75-8-3-4-20(49)44-11-18-25(52)26(53)22(40)36(68-18)69-29-17(39)10-16(38)24(51)27(29)54/h14-19,22,24-31,35-36,51-56H,3-13,38-40H2,1-2H3,(H,42,50)(H,43,57)(H,44,49)(H,61,62)(H,63,64)(H2,41,45,46)(H2,58,59,60)/p-4/t16-,17+,18-,19-,22-,24+,25-,26-,27-,28-,29-,30-,31+,35-,36-/m1/s1. The lowest BCUT2D eigenvalue weighted by Gasteiger charge is -2.45. The van der Waals surface area contributed by atoms with Gasteiger partial charge in [0.05, 0.1) is 39.5 Å². The first-order chi connectivity index (χ1) is 34.9. The van der Waals surface area contributed by atoms with Crippen molar-refractivity contribution in [2.75, 3.05) is 50.1 Å².